The van der Waals surface area contributed by atoms with Crippen LogP contribution in [-0.4, -0.2) is 67.7 Å². The van der Waals surface area contributed by atoms with Crippen LogP contribution in [0.5, 0.6) is 0 Å². The van der Waals surface area contributed by atoms with Gasteiger partial charge in [0.15, 0.2) is 0 Å². The van der Waals surface area contributed by atoms with E-state index in [9.17, 15) is 0 Å². The van der Waals surface area contributed by atoms with Gasteiger partial charge in [-0.25, -0.2) is 0 Å². The molecule has 3 nitrogen and oxygen atoms in total. The van der Waals surface area contributed by atoms with Gasteiger partial charge in [-0.2, -0.15) is 0 Å². The van der Waals surface area contributed by atoms with Gasteiger partial charge in [-0.15, -0.1) is 11.6 Å². The summed E-state index contributed by atoms with van der Waals surface area (Å²) in [6, 6.07) is 0.692. The number of likely N-dealkylation sites (tertiary alicyclic amines) is 1. The highest BCUT2D eigenvalue weighted by Crippen LogP contribution is 2.21. The van der Waals surface area contributed by atoms with Crippen LogP contribution < -0.4 is 0 Å². The summed E-state index contributed by atoms with van der Waals surface area (Å²) in [4.78, 5) is 4.98. The maximum atomic E-state index is 5.90. The lowest BCUT2D eigenvalue weighted by Crippen LogP contribution is -2.50. The Labute approximate surface area is 110 Å². The number of likely N-dealkylation sites (N-methyl/N-ethyl adjacent to an activating group) is 1. The number of halogens is 1. The maximum absolute atomic E-state index is 5.90. The molecule has 2 heterocycles. The Balaban J connectivity index is 1.82. The van der Waals surface area contributed by atoms with Crippen molar-refractivity contribution in [1.29, 1.82) is 0 Å². The summed E-state index contributed by atoms with van der Waals surface area (Å²) < 4.78 is 5.86. The Morgan fingerprint density at radius 3 is 2.94 bits per heavy atom. The van der Waals surface area contributed by atoms with Crippen molar-refractivity contribution in [2.24, 2.45) is 0 Å². The molecule has 2 fully saturated rings. The molecule has 0 radical (unpaired) electrons. The monoisotopic (exact) mass is 260 g/mol. The lowest BCUT2D eigenvalue weighted by atomic mass is 9.99. The van der Waals surface area contributed by atoms with Gasteiger partial charge in [0.1, 0.15) is 0 Å². The summed E-state index contributed by atoms with van der Waals surface area (Å²) in [5, 5.41) is 0. The number of hydrogen-bond acceptors (Lipinski definition) is 3. The molecular formula is C13H25ClN2O. The molecule has 4 heteroatoms. The molecule has 2 aliphatic rings. The lowest BCUT2D eigenvalue weighted by Gasteiger charge is -2.39. The number of alkyl halides is 1. The first kappa shape index (κ1) is 13.6. The summed E-state index contributed by atoms with van der Waals surface area (Å²) in [6.45, 7) is 5.35. The Morgan fingerprint density at radius 2 is 2.18 bits per heavy atom. The van der Waals surface area contributed by atoms with Gasteiger partial charge in [0.2, 0.25) is 0 Å². The quantitative estimate of drug-likeness (QED) is 0.717. The van der Waals surface area contributed by atoms with Crippen LogP contribution in [0.3, 0.4) is 0 Å². The van der Waals surface area contributed by atoms with Gasteiger partial charge >= 0.3 is 0 Å². The first-order chi connectivity index (χ1) is 8.29. The van der Waals surface area contributed by atoms with Gasteiger partial charge in [-0.05, 0) is 32.9 Å². The number of ether oxygens (including phenoxy) is 1. The minimum atomic E-state index is 0.393. The van der Waals surface area contributed by atoms with Crippen molar-refractivity contribution >= 4 is 11.6 Å². The van der Waals surface area contributed by atoms with Crippen molar-refractivity contribution in [2.75, 3.05) is 45.7 Å². The van der Waals surface area contributed by atoms with Crippen LogP contribution in [0.2, 0.25) is 0 Å². The molecule has 0 amide bonds. The standard InChI is InChI=1S/C13H25ClN2O/c1-15-8-9-17-13(10-15)11-16-7-3-2-4-12(16)5-6-14/h12-13H,2-11H2,1H3. The molecule has 0 aromatic heterocycles. The van der Waals surface area contributed by atoms with Gasteiger partial charge < -0.3 is 9.64 Å². The highest BCUT2D eigenvalue weighted by Gasteiger charge is 2.26. The Morgan fingerprint density at radius 1 is 1.29 bits per heavy atom. The first-order valence-electron chi connectivity index (χ1n) is 6.89. The fourth-order valence-electron chi connectivity index (χ4n) is 2.99. The molecule has 2 atom stereocenters. The fourth-order valence-corrected chi connectivity index (χ4v) is 3.24. The van der Waals surface area contributed by atoms with E-state index in [1.54, 1.807) is 0 Å². The van der Waals surface area contributed by atoms with E-state index in [-0.39, 0.29) is 0 Å². The molecule has 2 saturated heterocycles. The predicted octanol–water partition coefficient (Wildman–Crippen LogP) is 1.80. The summed E-state index contributed by atoms with van der Waals surface area (Å²) in [5.41, 5.74) is 0. The lowest BCUT2D eigenvalue weighted by molar-refractivity contribution is -0.0454. The van der Waals surface area contributed by atoms with Gasteiger partial charge in [0, 0.05) is 31.6 Å². The van der Waals surface area contributed by atoms with Crippen LogP contribution in [0.4, 0.5) is 0 Å². The highest BCUT2D eigenvalue weighted by molar-refractivity contribution is 6.17. The molecule has 0 saturated carbocycles. The third kappa shape index (κ3) is 4.09. The van der Waals surface area contributed by atoms with Crippen LogP contribution in [-0.2, 0) is 4.74 Å². The summed E-state index contributed by atoms with van der Waals surface area (Å²) in [5.74, 6) is 0.784. The van der Waals surface area contributed by atoms with E-state index >= 15 is 0 Å². The SMILES string of the molecule is CN1CCOC(CN2CCCCC2CCCl)C1. The van der Waals surface area contributed by atoms with E-state index in [0.29, 0.717) is 12.1 Å². The fraction of sp³-hybridized carbons (Fsp3) is 1.00. The smallest absolute Gasteiger partial charge is 0.0829 e. The van der Waals surface area contributed by atoms with Crippen LogP contribution >= 0.6 is 11.6 Å². The Hall–Kier alpha value is 0.170. The van der Waals surface area contributed by atoms with Crippen molar-refractivity contribution in [3.8, 4) is 0 Å². The molecule has 0 N–H and O–H groups in total. The average Bonchev–Trinajstić information content (AvgIpc) is 2.32. The van der Waals surface area contributed by atoms with Gasteiger partial charge in [0.05, 0.1) is 12.7 Å². The molecule has 17 heavy (non-hydrogen) atoms. The van der Waals surface area contributed by atoms with E-state index in [1.807, 2.05) is 0 Å². The second-order valence-electron chi connectivity index (χ2n) is 5.38. The number of piperidine rings is 1. The number of hydrogen-bond donors (Lipinski definition) is 0. The van der Waals surface area contributed by atoms with Gasteiger partial charge in [-0.3, -0.25) is 4.90 Å². The summed E-state index contributed by atoms with van der Waals surface area (Å²) in [7, 11) is 2.18. The Kier molecular flexibility index (Phi) is 5.54. The van der Waals surface area contributed by atoms with Crippen molar-refractivity contribution < 1.29 is 4.74 Å². The third-order valence-corrected chi connectivity index (χ3v) is 4.19. The number of morpholine rings is 1. The van der Waals surface area contributed by atoms with Gasteiger partial charge in [-0.1, -0.05) is 6.42 Å². The summed E-state index contributed by atoms with van der Waals surface area (Å²) in [6.07, 6.45) is 5.54. The van der Waals surface area contributed by atoms with Crippen molar-refractivity contribution in [1.82, 2.24) is 9.80 Å². The maximum Gasteiger partial charge on any atom is 0.0829 e. The molecule has 0 aliphatic carbocycles. The average molecular weight is 261 g/mol. The highest BCUT2D eigenvalue weighted by atomic mass is 35.5. The van der Waals surface area contributed by atoms with Crippen LogP contribution in [0.1, 0.15) is 25.7 Å². The van der Waals surface area contributed by atoms with Crippen LogP contribution in [0, 0.1) is 0 Å². The topological polar surface area (TPSA) is 15.7 Å². The third-order valence-electron chi connectivity index (χ3n) is 3.97. The van der Waals surface area contributed by atoms with Crippen LogP contribution in [0.25, 0.3) is 0 Å². The van der Waals surface area contributed by atoms with Gasteiger partial charge in [0.25, 0.3) is 0 Å². The molecule has 2 unspecified atom stereocenters. The van der Waals surface area contributed by atoms with E-state index in [4.69, 9.17) is 16.3 Å². The zero-order chi connectivity index (χ0) is 12.1. The first-order valence-corrected chi connectivity index (χ1v) is 7.43. The molecule has 0 spiro atoms. The second-order valence-corrected chi connectivity index (χ2v) is 5.76. The molecule has 0 aromatic carbocycles. The second kappa shape index (κ2) is 6.93. The minimum absolute atomic E-state index is 0.393. The largest absolute Gasteiger partial charge is 0.374 e. The Bertz CT molecular complexity index is 225. The normalized spacial score (nSPS) is 32.8. The van der Waals surface area contributed by atoms with Crippen LogP contribution in [0.15, 0.2) is 0 Å². The zero-order valence-corrected chi connectivity index (χ0v) is 11.7. The van der Waals surface area contributed by atoms with E-state index in [2.05, 4.69) is 16.8 Å². The zero-order valence-electron chi connectivity index (χ0n) is 10.9. The van der Waals surface area contributed by atoms with E-state index in [0.717, 1.165) is 38.5 Å². The number of nitrogens with zero attached hydrogens (tertiary/aromatic N) is 2. The molecular weight excluding hydrogens is 236 g/mol. The van der Waals surface area contributed by atoms with Crippen molar-refractivity contribution in [3.05, 3.63) is 0 Å². The molecule has 2 aliphatic heterocycles. The molecule has 2 rings (SSSR count). The van der Waals surface area contributed by atoms with Crippen molar-refractivity contribution in [3.63, 3.8) is 0 Å². The summed E-state index contributed by atoms with van der Waals surface area (Å²) >= 11 is 5.90. The molecule has 0 aromatic rings. The molecule has 100 valence electrons. The predicted molar refractivity (Wildman–Crippen MR) is 71.8 cm³/mol. The number of rotatable bonds is 4. The minimum Gasteiger partial charge on any atom is -0.374 e. The molecule has 0 bridgehead atoms. The van der Waals surface area contributed by atoms with Crippen molar-refractivity contribution in [2.45, 2.75) is 37.8 Å². The van der Waals surface area contributed by atoms with E-state index < -0.39 is 0 Å². The van der Waals surface area contributed by atoms with E-state index in [1.165, 1.54) is 25.8 Å².